The molecule has 8 rings (SSSR count). The Morgan fingerprint density at radius 2 is 1.32 bits per heavy atom. The molecule has 0 spiro atoms. The minimum atomic E-state index is -1.95. The van der Waals surface area contributed by atoms with Crippen LogP contribution in [0.15, 0.2) is 223 Å². The van der Waals surface area contributed by atoms with E-state index in [2.05, 4.69) is 135 Å². The van der Waals surface area contributed by atoms with E-state index in [4.69, 9.17) is 22.6 Å². The summed E-state index contributed by atoms with van der Waals surface area (Å²) < 4.78 is 33.2. The Morgan fingerprint density at radius 3 is 2.05 bits per heavy atom. The van der Waals surface area contributed by atoms with Gasteiger partial charge in [-0.3, -0.25) is 0 Å². The molecule has 6 aromatic carbocycles. The number of benzene rings is 6. The monoisotopic (exact) mass is 844 g/mol. The lowest BCUT2D eigenvalue weighted by Crippen LogP contribution is -2.16. The quantitative estimate of drug-likeness (QED) is 0.0807. The number of hydrogen-bond acceptors (Lipinski definition) is 5. The molecule has 6 aromatic rings. The van der Waals surface area contributed by atoms with Gasteiger partial charge in [-0.1, -0.05) is 159 Å². The van der Waals surface area contributed by atoms with Crippen LogP contribution in [-0.2, 0) is 9.05 Å². The fourth-order valence-corrected chi connectivity index (χ4v) is 11.7. The summed E-state index contributed by atoms with van der Waals surface area (Å²) in [5.41, 5.74) is 2.49. The van der Waals surface area contributed by atoms with E-state index in [-0.39, 0.29) is 0 Å². The van der Waals surface area contributed by atoms with E-state index < -0.39 is 24.9 Å². The predicted octanol–water partition coefficient (Wildman–Crippen LogP) is 14.9. The van der Waals surface area contributed by atoms with E-state index in [0.29, 0.717) is 23.8 Å². The number of allylic oxidation sites excluding steroid dienone is 12. The summed E-state index contributed by atoms with van der Waals surface area (Å²) in [6.45, 7) is 6.31. The van der Waals surface area contributed by atoms with Gasteiger partial charge >= 0.3 is 8.60 Å². The zero-order chi connectivity index (χ0) is 41.1. The van der Waals surface area contributed by atoms with Crippen molar-refractivity contribution in [3.8, 4) is 17.2 Å². The second-order valence-corrected chi connectivity index (χ2v) is 18.9. The standard InChI is InChI=1S/C52H47O5P3/c1-4-40-30-29-39(2)36-43(40)22-17-35-53-60(55-47-34-32-42-19-12-14-21-45(42)38-47)57-50-25-9-6-10-27-52(50)59(48-23-7-5-8-24-48)51-28-16-15-26-49(51)56-58(3)54-46-33-31-41-18-11-13-20-44(41)37-46/h4-26,28-35,37-39H,27,36H2,1-3H3/b35-17+,40-4-,43-22-. The fourth-order valence-electron chi connectivity index (χ4n) is 7.19. The van der Waals surface area contributed by atoms with Crippen LogP contribution in [0.25, 0.3) is 21.5 Å². The molecule has 0 amide bonds. The Balaban J connectivity index is 1.13. The second kappa shape index (κ2) is 20.0. The number of fused-ring (bicyclic) bond motifs is 2. The summed E-state index contributed by atoms with van der Waals surface area (Å²) in [6, 6.07) is 47.7. The highest BCUT2D eigenvalue weighted by molar-refractivity contribution is 7.77. The van der Waals surface area contributed by atoms with Crippen LogP contribution in [0.2, 0.25) is 0 Å². The van der Waals surface area contributed by atoms with E-state index in [1.54, 1.807) is 6.26 Å². The van der Waals surface area contributed by atoms with Crippen molar-refractivity contribution in [2.24, 2.45) is 5.92 Å². The summed E-state index contributed by atoms with van der Waals surface area (Å²) in [7, 11) is -4.45. The first kappa shape index (κ1) is 41.1. The minimum absolute atomic E-state index is 0.475. The Bertz CT molecular complexity index is 2660. The van der Waals surface area contributed by atoms with Crippen LogP contribution < -0.4 is 24.2 Å². The summed E-state index contributed by atoms with van der Waals surface area (Å²) >= 11 is 0. The predicted molar refractivity (Wildman–Crippen MR) is 255 cm³/mol. The molecule has 0 aromatic heterocycles. The SMILES string of the molecule is C/C=C1/C=CC(C)C/C1=C/C=C/OP(OC1=C(P(c2ccccc2)c2ccccc2OP(C)Oc2ccc3ccccc3c2)CC=CC=C1)Oc1ccc2ccccc2c1. The lowest BCUT2D eigenvalue weighted by atomic mass is 9.88. The van der Waals surface area contributed by atoms with Gasteiger partial charge in [0.2, 0.25) is 0 Å². The smallest absolute Gasteiger partial charge is 0.439 e. The molecule has 60 heavy (non-hydrogen) atoms. The highest BCUT2D eigenvalue weighted by Gasteiger charge is 2.29. The van der Waals surface area contributed by atoms with Crippen LogP contribution in [0.5, 0.6) is 17.2 Å². The van der Waals surface area contributed by atoms with Gasteiger partial charge in [0, 0.05) is 17.3 Å². The molecule has 8 heteroatoms. The lowest BCUT2D eigenvalue weighted by molar-refractivity contribution is 0.314. The van der Waals surface area contributed by atoms with Gasteiger partial charge in [0.1, 0.15) is 23.0 Å². The molecule has 5 nitrogen and oxygen atoms in total. The van der Waals surface area contributed by atoms with Crippen LogP contribution in [0.3, 0.4) is 0 Å². The molecule has 0 heterocycles. The average Bonchev–Trinajstić information content (AvgIpc) is 3.51. The zero-order valence-corrected chi connectivity index (χ0v) is 36.6. The van der Waals surface area contributed by atoms with E-state index in [0.717, 1.165) is 44.7 Å². The molecule has 0 N–H and O–H groups in total. The fraction of sp³-hybridized carbons (Fsp3) is 0.115. The maximum atomic E-state index is 6.94. The zero-order valence-electron chi connectivity index (χ0n) is 33.9. The Hall–Kier alpha value is -5.69. The topological polar surface area (TPSA) is 46.2 Å². The van der Waals surface area contributed by atoms with Gasteiger partial charge in [0.05, 0.1) is 6.26 Å². The van der Waals surface area contributed by atoms with Crippen molar-refractivity contribution in [2.45, 2.75) is 26.7 Å². The van der Waals surface area contributed by atoms with Gasteiger partial charge in [-0.15, -0.1) is 0 Å². The van der Waals surface area contributed by atoms with E-state index in [9.17, 15) is 0 Å². The van der Waals surface area contributed by atoms with Crippen molar-refractivity contribution < 1.29 is 22.6 Å². The van der Waals surface area contributed by atoms with Crippen LogP contribution in [0, 0.1) is 5.92 Å². The second-order valence-electron chi connectivity index (χ2n) is 14.4. The summed E-state index contributed by atoms with van der Waals surface area (Å²) in [6.07, 6.45) is 22.3. The molecule has 2 aliphatic carbocycles. The van der Waals surface area contributed by atoms with Gasteiger partial charge < -0.3 is 22.6 Å². The van der Waals surface area contributed by atoms with Gasteiger partial charge in [-0.2, -0.15) is 0 Å². The largest absolute Gasteiger partial charge is 0.529 e. The first-order valence-electron chi connectivity index (χ1n) is 20.1. The number of para-hydroxylation sites is 1. The average molecular weight is 845 g/mol. The Labute approximate surface area is 357 Å². The minimum Gasteiger partial charge on any atom is -0.439 e. The summed E-state index contributed by atoms with van der Waals surface area (Å²) in [5, 5.41) is 7.85. The Kier molecular flexibility index (Phi) is 13.7. The summed E-state index contributed by atoms with van der Waals surface area (Å²) in [5.74, 6) is 3.40. The van der Waals surface area contributed by atoms with Crippen molar-refractivity contribution >= 4 is 57.1 Å². The molecule has 300 valence electrons. The molecule has 0 aliphatic heterocycles. The van der Waals surface area contributed by atoms with Crippen LogP contribution in [-0.4, -0.2) is 6.66 Å². The van der Waals surface area contributed by atoms with Gasteiger partial charge in [-0.05, 0) is 114 Å². The molecule has 0 saturated heterocycles. The van der Waals surface area contributed by atoms with Crippen LogP contribution in [0.4, 0.5) is 0 Å². The molecular formula is C52H47O5P3. The number of hydrogen-bond donors (Lipinski definition) is 0. The first-order chi connectivity index (χ1) is 29.5. The van der Waals surface area contributed by atoms with E-state index in [1.165, 1.54) is 21.8 Å². The van der Waals surface area contributed by atoms with E-state index in [1.807, 2.05) is 79.5 Å². The molecule has 0 fully saturated rings. The van der Waals surface area contributed by atoms with Crippen molar-refractivity contribution in [2.75, 3.05) is 6.66 Å². The first-order valence-corrected chi connectivity index (χ1v) is 24.2. The molecular weight excluding hydrogens is 797 g/mol. The third kappa shape index (κ3) is 10.4. The maximum Gasteiger partial charge on any atom is 0.529 e. The maximum absolute atomic E-state index is 6.94. The third-order valence-electron chi connectivity index (χ3n) is 10.1. The van der Waals surface area contributed by atoms with Crippen molar-refractivity contribution in [1.82, 2.24) is 0 Å². The van der Waals surface area contributed by atoms with Gasteiger partial charge in [0.25, 0.3) is 8.38 Å². The van der Waals surface area contributed by atoms with Crippen molar-refractivity contribution in [1.29, 1.82) is 0 Å². The molecule has 4 atom stereocenters. The molecule has 4 unspecified atom stereocenters. The lowest BCUT2D eigenvalue weighted by Gasteiger charge is -2.27. The van der Waals surface area contributed by atoms with Crippen LogP contribution >= 0.6 is 24.9 Å². The third-order valence-corrected chi connectivity index (χ3v) is 14.6. The highest BCUT2D eigenvalue weighted by Crippen LogP contribution is 2.54. The molecule has 0 bridgehead atoms. The van der Waals surface area contributed by atoms with Crippen molar-refractivity contribution in [3.05, 3.63) is 223 Å². The molecule has 0 saturated carbocycles. The highest BCUT2D eigenvalue weighted by atomic mass is 31.2. The number of rotatable bonds is 14. The van der Waals surface area contributed by atoms with Gasteiger partial charge in [0.15, 0.2) is 0 Å². The summed E-state index contributed by atoms with van der Waals surface area (Å²) in [4.78, 5) is 0. The van der Waals surface area contributed by atoms with Gasteiger partial charge in [-0.25, -0.2) is 0 Å². The normalized spacial score (nSPS) is 18.1. The molecule has 2 aliphatic rings. The molecule has 0 radical (unpaired) electrons. The van der Waals surface area contributed by atoms with Crippen molar-refractivity contribution in [3.63, 3.8) is 0 Å². The van der Waals surface area contributed by atoms with E-state index >= 15 is 0 Å². The Morgan fingerprint density at radius 1 is 0.650 bits per heavy atom. The van der Waals surface area contributed by atoms with Crippen LogP contribution in [0.1, 0.15) is 26.7 Å².